The molecule has 0 fully saturated rings. The first-order valence-corrected chi connectivity index (χ1v) is 8.55. The summed E-state index contributed by atoms with van der Waals surface area (Å²) in [5, 5.41) is 13.1. The number of hydrogen-bond acceptors (Lipinski definition) is 7. The number of carbonyl (C=O) groups is 1. The number of primary amides is 1. The molecule has 2 heterocycles. The van der Waals surface area contributed by atoms with Gasteiger partial charge in [0.2, 0.25) is 0 Å². The molecule has 136 valence electrons. The van der Waals surface area contributed by atoms with Gasteiger partial charge in [-0.1, -0.05) is 18.2 Å². The molecule has 27 heavy (non-hydrogen) atoms. The Morgan fingerprint density at radius 3 is 2.85 bits per heavy atom. The van der Waals surface area contributed by atoms with Crippen LogP contribution in [0.3, 0.4) is 0 Å². The van der Waals surface area contributed by atoms with Gasteiger partial charge >= 0.3 is 0 Å². The SMILES string of the molecule is CC(Nc1ncnc(N)c1C#N)c1nc2c(CCl)cccc2cc1C(N)=O. The Morgan fingerprint density at radius 1 is 1.41 bits per heavy atom. The number of fused-ring (bicyclic) bond motifs is 1. The van der Waals surface area contributed by atoms with Crippen LogP contribution >= 0.6 is 11.6 Å². The highest BCUT2D eigenvalue weighted by Crippen LogP contribution is 2.27. The lowest BCUT2D eigenvalue weighted by Gasteiger charge is -2.18. The van der Waals surface area contributed by atoms with E-state index in [9.17, 15) is 10.1 Å². The van der Waals surface area contributed by atoms with Crippen molar-refractivity contribution >= 4 is 40.0 Å². The number of hydrogen-bond donors (Lipinski definition) is 3. The Bertz CT molecular complexity index is 1080. The minimum absolute atomic E-state index is 0.0632. The van der Waals surface area contributed by atoms with Crippen molar-refractivity contribution in [1.82, 2.24) is 15.0 Å². The van der Waals surface area contributed by atoms with Crippen LogP contribution in [0, 0.1) is 11.3 Å². The second kappa shape index (κ2) is 7.43. The average molecular weight is 382 g/mol. The van der Waals surface area contributed by atoms with E-state index in [1.54, 1.807) is 13.0 Å². The minimum atomic E-state index is -0.605. The molecule has 3 rings (SSSR count). The maximum atomic E-state index is 12.0. The lowest BCUT2D eigenvalue weighted by Crippen LogP contribution is -2.20. The van der Waals surface area contributed by atoms with Crippen LogP contribution in [0.5, 0.6) is 0 Å². The number of nitriles is 1. The summed E-state index contributed by atoms with van der Waals surface area (Å²) in [5.41, 5.74) is 13.6. The van der Waals surface area contributed by atoms with Gasteiger partial charge in [0.1, 0.15) is 29.6 Å². The number of nitrogen functional groups attached to an aromatic ring is 1. The molecule has 0 spiro atoms. The molecule has 0 aliphatic heterocycles. The number of anilines is 2. The molecule has 1 amide bonds. The van der Waals surface area contributed by atoms with Gasteiger partial charge in [0.05, 0.1) is 22.8 Å². The van der Waals surface area contributed by atoms with Crippen LogP contribution in [0.25, 0.3) is 10.9 Å². The molecule has 1 unspecified atom stereocenters. The fourth-order valence-corrected chi connectivity index (χ4v) is 3.02. The number of alkyl halides is 1. The van der Waals surface area contributed by atoms with Crippen LogP contribution in [-0.2, 0) is 5.88 Å². The number of rotatable bonds is 5. The summed E-state index contributed by atoms with van der Waals surface area (Å²) in [4.78, 5) is 24.5. The van der Waals surface area contributed by atoms with Crippen molar-refractivity contribution in [2.45, 2.75) is 18.8 Å². The lowest BCUT2D eigenvalue weighted by atomic mass is 10.0. The lowest BCUT2D eigenvalue weighted by molar-refractivity contribution is 0.0999. The zero-order valence-electron chi connectivity index (χ0n) is 14.4. The second-order valence-electron chi connectivity index (χ2n) is 5.87. The van der Waals surface area contributed by atoms with Crippen molar-refractivity contribution in [2.24, 2.45) is 5.73 Å². The highest BCUT2D eigenvalue weighted by Gasteiger charge is 2.20. The van der Waals surface area contributed by atoms with Gasteiger partial charge in [-0.15, -0.1) is 11.6 Å². The van der Waals surface area contributed by atoms with E-state index < -0.39 is 11.9 Å². The van der Waals surface area contributed by atoms with Gasteiger partial charge in [0.15, 0.2) is 0 Å². The maximum absolute atomic E-state index is 12.0. The van der Waals surface area contributed by atoms with Gasteiger partial charge in [-0.25, -0.2) is 15.0 Å². The fraction of sp³-hybridized carbons (Fsp3) is 0.167. The van der Waals surface area contributed by atoms with Crippen LogP contribution in [0.1, 0.15) is 40.1 Å². The van der Waals surface area contributed by atoms with Crippen LogP contribution in [-0.4, -0.2) is 20.9 Å². The molecule has 5 N–H and O–H groups in total. The molecule has 8 nitrogen and oxygen atoms in total. The number of pyridine rings is 1. The van der Waals surface area contributed by atoms with Gasteiger partial charge in [-0.05, 0) is 18.6 Å². The Morgan fingerprint density at radius 2 is 2.19 bits per heavy atom. The summed E-state index contributed by atoms with van der Waals surface area (Å²) in [6.07, 6.45) is 1.25. The van der Waals surface area contributed by atoms with E-state index in [2.05, 4.69) is 20.3 Å². The first-order chi connectivity index (χ1) is 13.0. The quantitative estimate of drug-likeness (QED) is 0.576. The molecule has 0 aliphatic rings. The van der Waals surface area contributed by atoms with Gasteiger partial charge in [0.25, 0.3) is 5.91 Å². The van der Waals surface area contributed by atoms with Crippen molar-refractivity contribution in [1.29, 1.82) is 5.26 Å². The van der Waals surface area contributed by atoms with E-state index >= 15 is 0 Å². The third-order valence-electron chi connectivity index (χ3n) is 4.12. The summed E-state index contributed by atoms with van der Waals surface area (Å²) >= 11 is 6.01. The van der Waals surface area contributed by atoms with Crippen molar-refractivity contribution in [3.8, 4) is 6.07 Å². The summed E-state index contributed by atoms with van der Waals surface area (Å²) < 4.78 is 0. The predicted octanol–water partition coefficient (Wildman–Crippen LogP) is 2.49. The number of aromatic nitrogens is 3. The average Bonchev–Trinajstić information content (AvgIpc) is 2.66. The molecule has 0 saturated carbocycles. The van der Waals surface area contributed by atoms with Crippen LogP contribution in [0.4, 0.5) is 11.6 Å². The molecular weight excluding hydrogens is 366 g/mol. The highest BCUT2D eigenvalue weighted by atomic mass is 35.5. The first-order valence-electron chi connectivity index (χ1n) is 8.01. The van der Waals surface area contributed by atoms with E-state index in [1.165, 1.54) is 6.33 Å². The van der Waals surface area contributed by atoms with Crippen molar-refractivity contribution < 1.29 is 4.79 Å². The monoisotopic (exact) mass is 381 g/mol. The largest absolute Gasteiger partial charge is 0.382 e. The molecule has 0 saturated heterocycles. The Labute approximate surface area is 160 Å². The van der Waals surface area contributed by atoms with E-state index in [1.807, 2.05) is 24.3 Å². The molecule has 0 radical (unpaired) electrons. The molecule has 0 bridgehead atoms. The third-order valence-corrected chi connectivity index (χ3v) is 4.41. The van der Waals surface area contributed by atoms with Gasteiger partial charge < -0.3 is 16.8 Å². The molecule has 3 aromatic rings. The number of carbonyl (C=O) groups excluding carboxylic acids is 1. The first kappa shape index (κ1) is 18.4. The van der Waals surface area contributed by atoms with E-state index in [4.69, 9.17) is 23.1 Å². The van der Waals surface area contributed by atoms with E-state index in [-0.39, 0.29) is 28.6 Å². The Balaban J connectivity index is 2.12. The maximum Gasteiger partial charge on any atom is 0.250 e. The number of nitrogens with zero attached hydrogens (tertiary/aromatic N) is 4. The van der Waals surface area contributed by atoms with Crippen LogP contribution in [0.15, 0.2) is 30.6 Å². The highest BCUT2D eigenvalue weighted by molar-refractivity contribution is 6.18. The zero-order valence-corrected chi connectivity index (χ0v) is 15.2. The summed E-state index contributed by atoms with van der Waals surface area (Å²) in [6, 6.07) is 8.72. The van der Waals surface area contributed by atoms with Gasteiger partial charge in [-0.2, -0.15) is 5.26 Å². The van der Waals surface area contributed by atoms with Gasteiger partial charge in [0, 0.05) is 11.3 Å². The number of para-hydroxylation sites is 1. The molecule has 0 aliphatic carbocycles. The zero-order chi connectivity index (χ0) is 19.6. The number of amides is 1. The summed E-state index contributed by atoms with van der Waals surface area (Å²) in [7, 11) is 0. The number of nitrogens with one attached hydrogen (secondary N) is 1. The molecule has 1 aromatic carbocycles. The Hall–Kier alpha value is -3.44. The second-order valence-corrected chi connectivity index (χ2v) is 6.14. The van der Waals surface area contributed by atoms with Gasteiger partial charge in [-0.3, -0.25) is 4.79 Å². The Kier molecular flexibility index (Phi) is 5.05. The third kappa shape index (κ3) is 3.45. The smallest absolute Gasteiger partial charge is 0.250 e. The number of nitrogens with two attached hydrogens (primary N) is 2. The fourth-order valence-electron chi connectivity index (χ4n) is 2.80. The summed E-state index contributed by atoms with van der Waals surface area (Å²) in [6.45, 7) is 1.78. The topological polar surface area (TPSA) is 144 Å². The van der Waals surface area contributed by atoms with Crippen LogP contribution in [0.2, 0.25) is 0 Å². The van der Waals surface area contributed by atoms with Crippen molar-refractivity contribution in [2.75, 3.05) is 11.1 Å². The standard InChI is InChI=1S/C18H16ClN7O/c1-9(25-18-13(7-20)16(21)23-8-24-18)14-12(17(22)27)5-10-3-2-4-11(6-19)15(10)26-14/h2-5,8-9H,6H2,1H3,(H2,22,27)(H3,21,23,24,25). The van der Waals surface area contributed by atoms with E-state index in [0.717, 1.165) is 10.9 Å². The van der Waals surface area contributed by atoms with E-state index in [0.29, 0.717) is 11.2 Å². The number of halogens is 1. The normalized spacial score (nSPS) is 11.7. The van der Waals surface area contributed by atoms with Crippen molar-refractivity contribution in [3.63, 3.8) is 0 Å². The molecule has 9 heteroatoms. The molecular formula is C18H16ClN7O. The predicted molar refractivity (Wildman–Crippen MR) is 103 cm³/mol. The molecule has 2 aromatic heterocycles. The molecule has 1 atom stereocenters. The van der Waals surface area contributed by atoms with Crippen molar-refractivity contribution in [3.05, 3.63) is 53.0 Å². The number of benzene rings is 1. The minimum Gasteiger partial charge on any atom is -0.382 e. The van der Waals surface area contributed by atoms with Crippen LogP contribution < -0.4 is 16.8 Å². The summed E-state index contributed by atoms with van der Waals surface area (Å²) in [5.74, 6) is -0.0107.